The molecule has 0 radical (unpaired) electrons. The van der Waals surface area contributed by atoms with Gasteiger partial charge < -0.3 is 10.1 Å². The van der Waals surface area contributed by atoms with Crippen molar-refractivity contribution in [2.24, 2.45) is 0 Å². The van der Waals surface area contributed by atoms with Crippen molar-refractivity contribution >= 4 is 39.6 Å². The Morgan fingerprint density at radius 1 is 1.56 bits per heavy atom. The van der Waals surface area contributed by atoms with E-state index in [2.05, 4.69) is 31.0 Å². The summed E-state index contributed by atoms with van der Waals surface area (Å²) in [5, 5.41) is 3.32. The molecule has 0 spiro atoms. The fourth-order valence-corrected chi connectivity index (χ4v) is 2.26. The van der Waals surface area contributed by atoms with Crippen LogP contribution in [0.5, 0.6) is 0 Å². The predicted molar refractivity (Wildman–Crippen MR) is 72.3 cm³/mol. The molecule has 0 saturated carbocycles. The first-order valence-electron chi connectivity index (χ1n) is 5.12. The summed E-state index contributed by atoms with van der Waals surface area (Å²) in [6.07, 6.45) is 1.67. The number of amides is 1. The average Bonchev–Trinajstić information content (AvgIpc) is 2.35. The lowest BCUT2D eigenvalue weighted by atomic mass is 10.3. The number of nitrogens with one attached hydrogen (secondary N) is 1. The number of esters is 1. The summed E-state index contributed by atoms with van der Waals surface area (Å²) in [5.41, 5.74) is 0. The number of methoxy groups -OCH3 is 1. The largest absolute Gasteiger partial charge is 0.467 e. The second-order valence-corrected chi connectivity index (χ2v) is 5.36. The highest BCUT2D eigenvalue weighted by Gasteiger charge is 2.20. The fraction of sp³-hybridized carbons (Fsp3) is 0.364. The van der Waals surface area contributed by atoms with Gasteiger partial charge in [-0.15, -0.1) is 11.8 Å². The van der Waals surface area contributed by atoms with Gasteiger partial charge in [0.15, 0.2) is 0 Å². The van der Waals surface area contributed by atoms with Crippen LogP contribution in [-0.2, 0) is 14.3 Å². The third kappa shape index (κ3) is 5.05. The molecule has 0 aliphatic carbocycles. The van der Waals surface area contributed by atoms with Gasteiger partial charge in [0, 0.05) is 23.3 Å². The van der Waals surface area contributed by atoms with Gasteiger partial charge in [0.05, 0.1) is 12.1 Å². The van der Waals surface area contributed by atoms with Gasteiger partial charge >= 0.3 is 5.97 Å². The molecule has 0 bridgehead atoms. The number of hydrogen-bond acceptors (Lipinski definition) is 5. The molecule has 1 amide bonds. The SMILES string of the molecule is COC(=O)C(CSc1ccc(Br)cn1)NC(C)=O. The topological polar surface area (TPSA) is 68.3 Å². The summed E-state index contributed by atoms with van der Waals surface area (Å²) in [6.45, 7) is 1.36. The van der Waals surface area contributed by atoms with Crippen LogP contribution in [0.1, 0.15) is 6.92 Å². The Labute approximate surface area is 118 Å². The van der Waals surface area contributed by atoms with Crippen LogP contribution in [0.4, 0.5) is 0 Å². The van der Waals surface area contributed by atoms with E-state index in [1.54, 1.807) is 6.20 Å². The molecule has 0 aliphatic rings. The van der Waals surface area contributed by atoms with E-state index in [0.29, 0.717) is 5.75 Å². The van der Waals surface area contributed by atoms with E-state index >= 15 is 0 Å². The number of halogens is 1. The van der Waals surface area contributed by atoms with E-state index in [1.165, 1.54) is 25.8 Å². The van der Waals surface area contributed by atoms with Crippen molar-refractivity contribution in [2.45, 2.75) is 18.0 Å². The molecule has 1 unspecified atom stereocenters. The predicted octanol–water partition coefficient (Wildman–Crippen LogP) is 1.61. The van der Waals surface area contributed by atoms with Gasteiger partial charge in [-0.1, -0.05) is 0 Å². The molecule has 1 rings (SSSR count). The first-order chi connectivity index (χ1) is 8.52. The molecular formula is C11H13BrN2O3S. The number of aromatic nitrogens is 1. The van der Waals surface area contributed by atoms with Gasteiger partial charge in [-0.3, -0.25) is 4.79 Å². The molecule has 1 aromatic rings. The van der Waals surface area contributed by atoms with Crippen LogP contribution in [0, 0.1) is 0 Å². The molecule has 0 aromatic carbocycles. The zero-order valence-corrected chi connectivity index (χ0v) is 12.4. The summed E-state index contributed by atoms with van der Waals surface area (Å²) in [5.74, 6) is -0.356. The van der Waals surface area contributed by atoms with Crippen molar-refractivity contribution in [2.75, 3.05) is 12.9 Å². The van der Waals surface area contributed by atoms with E-state index in [-0.39, 0.29) is 5.91 Å². The number of rotatable bonds is 5. The van der Waals surface area contributed by atoms with Gasteiger partial charge in [-0.25, -0.2) is 9.78 Å². The number of carbonyl (C=O) groups excluding carboxylic acids is 2. The van der Waals surface area contributed by atoms with E-state index < -0.39 is 12.0 Å². The van der Waals surface area contributed by atoms with Crippen molar-refractivity contribution in [1.82, 2.24) is 10.3 Å². The molecule has 1 atom stereocenters. The lowest BCUT2D eigenvalue weighted by Gasteiger charge is -2.14. The van der Waals surface area contributed by atoms with Crippen LogP contribution in [0.3, 0.4) is 0 Å². The van der Waals surface area contributed by atoms with Gasteiger partial charge in [0.1, 0.15) is 6.04 Å². The van der Waals surface area contributed by atoms with Crippen molar-refractivity contribution < 1.29 is 14.3 Å². The molecule has 7 heteroatoms. The molecule has 1 aromatic heterocycles. The Kier molecular flexibility index (Phi) is 6.14. The monoisotopic (exact) mass is 332 g/mol. The smallest absolute Gasteiger partial charge is 0.329 e. The summed E-state index contributed by atoms with van der Waals surface area (Å²) in [6, 6.07) is 3.03. The number of ether oxygens (including phenoxy) is 1. The minimum Gasteiger partial charge on any atom is -0.467 e. The standard InChI is InChI=1S/C11H13BrN2O3S/c1-7(15)14-9(11(16)17-2)6-18-10-4-3-8(12)5-13-10/h3-5,9H,6H2,1-2H3,(H,14,15). The highest BCUT2D eigenvalue weighted by atomic mass is 79.9. The summed E-state index contributed by atoms with van der Waals surface area (Å²) >= 11 is 4.67. The Morgan fingerprint density at radius 2 is 2.28 bits per heavy atom. The lowest BCUT2D eigenvalue weighted by Crippen LogP contribution is -2.42. The number of nitrogens with zero attached hydrogens (tertiary/aromatic N) is 1. The fourth-order valence-electron chi connectivity index (χ4n) is 1.17. The minimum absolute atomic E-state index is 0.269. The lowest BCUT2D eigenvalue weighted by molar-refractivity contribution is -0.144. The molecule has 0 fully saturated rings. The van der Waals surface area contributed by atoms with E-state index in [1.807, 2.05) is 12.1 Å². The third-order valence-corrected chi connectivity index (χ3v) is 3.47. The summed E-state index contributed by atoms with van der Waals surface area (Å²) in [7, 11) is 1.29. The maximum atomic E-state index is 11.4. The third-order valence-electron chi connectivity index (χ3n) is 1.96. The van der Waals surface area contributed by atoms with Gasteiger partial charge in [0.2, 0.25) is 5.91 Å². The van der Waals surface area contributed by atoms with Crippen molar-refractivity contribution in [1.29, 1.82) is 0 Å². The first kappa shape index (κ1) is 15.0. The molecule has 1 heterocycles. The molecule has 98 valence electrons. The quantitative estimate of drug-likeness (QED) is 0.655. The molecular weight excluding hydrogens is 320 g/mol. The normalized spacial score (nSPS) is 11.7. The van der Waals surface area contributed by atoms with Crippen LogP contribution in [0.25, 0.3) is 0 Å². The van der Waals surface area contributed by atoms with Gasteiger partial charge in [-0.2, -0.15) is 0 Å². The maximum absolute atomic E-state index is 11.4. The molecule has 18 heavy (non-hydrogen) atoms. The zero-order chi connectivity index (χ0) is 13.5. The van der Waals surface area contributed by atoms with Crippen molar-refractivity contribution in [3.8, 4) is 0 Å². The average molecular weight is 333 g/mol. The zero-order valence-electron chi connectivity index (χ0n) is 9.97. The maximum Gasteiger partial charge on any atom is 0.329 e. The van der Waals surface area contributed by atoms with Crippen LogP contribution in [-0.4, -0.2) is 35.8 Å². The van der Waals surface area contributed by atoms with Gasteiger partial charge in [0.25, 0.3) is 0 Å². The highest BCUT2D eigenvalue weighted by molar-refractivity contribution is 9.10. The first-order valence-corrected chi connectivity index (χ1v) is 6.90. The molecule has 5 nitrogen and oxygen atoms in total. The Morgan fingerprint density at radius 3 is 2.78 bits per heavy atom. The van der Waals surface area contributed by atoms with E-state index in [9.17, 15) is 9.59 Å². The summed E-state index contributed by atoms with van der Waals surface area (Å²) in [4.78, 5) is 26.6. The van der Waals surface area contributed by atoms with Crippen LogP contribution >= 0.6 is 27.7 Å². The second kappa shape index (κ2) is 7.38. The van der Waals surface area contributed by atoms with Crippen LogP contribution in [0.2, 0.25) is 0 Å². The van der Waals surface area contributed by atoms with E-state index in [0.717, 1.165) is 9.50 Å². The second-order valence-electron chi connectivity index (χ2n) is 3.40. The Balaban J connectivity index is 2.58. The van der Waals surface area contributed by atoms with Crippen molar-refractivity contribution in [3.63, 3.8) is 0 Å². The van der Waals surface area contributed by atoms with Crippen LogP contribution in [0.15, 0.2) is 27.8 Å². The Hall–Kier alpha value is -1.08. The number of carbonyl (C=O) groups is 2. The highest BCUT2D eigenvalue weighted by Crippen LogP contribution is 2.18. The summed E-state index contributed by atoms with van der Waals surface area (Å²) < 4.78 is 5.51. The van der Waals surface area contributed by atoms with Gasteiger partial charge in [-0.05, 0) is 28.1 Å². The Bertz CT molecular complexity index is 425. The van der Waals surface area contributed by atoms with Crippen molar-refractivity contribution in [3.05, 3.63) is 22.8 Å². The number of thioether (sulfide) groups is 1. The number of hydrogen-bond donors (Lipinski definition) is 1. The molecule has 0 aliphatic heterocycles. The molecule has 1 N–H and O–H groups in total. The van der Waals surface area contributed by atoms with E-state index in [4.69, 9.17) is 0 Å². The molecule has 0 saturated heterocycles. The number of pyridine rings is 1. The minimum atomic E-state index is -0.664. The van der Waals surface area contributed by atoms with Crippen LogP contribution < -0.4 is 5.32 Å².